The molecule has 0 saturated heterocycles. The number of anilines is 1. The maximum absolute atomic E-state index is 13.3. The predicted molar refractivity (Wildman–Crippen MR) is 51.0 cm³/mol. The first-order valence-electron chi connectivity index (χ1n) is 4.52. The number of aromatic nitrogens is 1. The van der Waals surface area contributed by atoms with Crippen molar-refractivity contribution in [3.63, 3.8) is 0 Å². The van der Waals surface area contributed by atoms with Crippen molar-refractivity contribution in [2.75, 3.05) is 5.73 Å². The summed E-state index contributed by atoms with van der Waals surface area (Å²) in [6.45, 7) is 0. The third-order valence-corrected chi connectivity index (χ3v) is 2.25. The van der Waals surface area contributed by atoms with E-state index < -0.39 is 45.9 Å². The Kier molecular flexibility index (Phi) is 2.60. The van der Waals surface area contributed by atoms with Crippen molar-refractivity contribution >= 4 is 16.6 Å². The average Bonchev–Trinajstić information content (AvgIpc) is 2.23. The summed E-state index contributed by atoms with van der Waals surface area (Å²) >= 11 is 0. The Morgan fingerprint density at radius 3 is 2.17 bits per heavy atom. The first-order chi connectivity index (χ1) is 8.21. The molecule has 2 nitrogen and oxygen atoms in total. The van der Waals surface area contributed by atoms with Crippen LogP contribution in [0.25, 0.3) is 10.9 Å². The molecule has 8 heteroatoms. The van der Waals surface area contributed by atoms with Gasteiger partial charge in [0, 0.05) is 11.8 Å². The highest BCUT2D eigenvalue weighted by molar-refractivity contribution is 5.91. The van der Waals surface area contributed by atoms with Crippen LogP contribution >= 0.6 is 0 Å². The molecule has 2 rings (SSSR count). The normalized spacial score (nSPS) is 12.1. The van der Waals surface area contributed by atoms with E-state index in [9.17, 15) is 26.3 Å². The van der Waals surface area contributed by atoms with E-state index in [1.54, 1.807) is 0 Å². The molecule has 0 saturated carbocycles. The highest BCUT2D eigenvalue weighted by atomic mass is 19.4. The molecule has 0 spiro atoms. The molecular formula is C10H4F6N2. The van der Waals surface area contributed by atoms with Crippen molar-refractivity contribution in [1.82, 2.24) is 4.98 Å². The SMILES string of the molecule is Nc1cc(C(F)(F)F)nc2c(F)c(F)cc(F)c12. The fourth-order valence-corrected chi connectivity index (χ4v) is 1.48. The molecule has 0 aliphatic carbocycles. The number of benzene rings is 1. The smallest absolute Gasteiger partial charge is 0.398 e. The first kappa shape index (κ1) is 12.5. The van der Waals surface area contributed by atoms with E-state index in [1.807, 2.05) is 0 Å². The topological polar surface area (TPSA) is 38.9 Å². The van der Waals surface area contributed by atoms with Crippen LogP contribution in [0.1, 0.15) is 5.69 Å². The minimum atomic E-state index is -4.89. The Labute approximate surface area is 96.0 Å². The lowest BCUT2D eigenvalue weighted by molar-refractivity contribution is -0.140. The quantitative estimate of drug-likeness (QED) is 0.587. The zero-order valence-corrected chi connectivity index (χ0v) is 8.45. The molecule has 0 bridgehead atoms. The number of pyridine rings is 1. The van der Waals surface area contributed by atoms with Gasteiger partial charge in [-0.3, -0.25) is 0 Å². The molecular weight excluding hydrogens is 262 g/mol. The molecule has 0 atom stereocenters. The first-order valence-corrected chi connectivity index (χ1v) is 4.52. The van der Waals surface area contributed by atoms with Crippen LogP contribution < -0.4 is 5.73 Å². The Hall–Kier alpha value is -1.99. The highest BCUT2D eigenvalue weighted by Gasteiger charge is 2.34. The molecule has 1 aromatic carbocycles. The molecule has 1 heterocycles. The summed E-state index contributed by atoms with van der Waals surface area (Å²) in [6, 6.07) is 0.561. The molecule has 0 aliphatic heterocycles. The van der Waals surface area contributed by atoms with Crippen LogP contribution in [-0.4, -0.2) is 4.98 Å². The second-order valence-electron chi connectivity index (χ2n) is 3.47. The number of rotatable bonds is 0. The van der Waals surface area contributed by atoms with Gasteiger partial charge in [-0.1, -0.05) is 0 Å². The lowest BCUT2D eigenvalue weighted by Crippen LogP contribution is -2.10. The molecule has 2 aromatic rings. The predicted octanol–water partition coefficient (Wildman–Crippen LogP) is 3.25. The van der Waals surface area contributed by atoms with E-state index >= 15 is 0 Å². The number of hydrogen-bond acceptors (Lipinski definition) is 2. The van der Waals surface area contributed by atoms with Crippen molar-refractivity contribution in [3.8, 4) is 0 Å². The van der Waals surface area contributed by atoms with E-state index in [1.165, 1.54) is 0 Å². The number of fused-ring (bicyclic) bond motifs is 1. The number of alkyl halides is 3. The fourth-order valence-electron chi connectivity index (χ4n) is 1.48. The third kappa shape index (κ3) is 1.83. The van der Waals surface area contributed by atoms with Gasteiger partial charge in [-0.25, -0.2) is 18.2 Å². The number of hydrogen-bond donors (Lipinski definition) is 1. The van der Waals surface area contributed by atoms with Crippen molar-refractivity contribution in [1.29, 1.82) is 0 Å². The summed E-state index contributed by atoms with van der Waals surface area (Å²) in [6.07, 6.45) is -4.89. The van der Waals surface area contributed by atoms with Gasteiger partial charge in [-0.05, 0) is 6.07 Å². The van der Waals surface area contributed by atoms with Crippen LogP contribution in [0.3, 0.4) is 0 Å². The van der Waals surface area contributed by atoms with Gasteiger partial charge in [-0.15, -0.1) is 0 Å². The van der Waals surface area contributed by atoms with Crippen molar-refractivity contribution in [2.24, 2.45) is 0 Å². The molecule has 0 radical (unpaired) electrons. The second kappa shape index (κ2) is 3.76. The van der Waals surface area contributed by atoms with Crippen LogP contribution in [0.4, 0.5) is 32.0 Å². The zero-order valence-electron chi connectivity index (χ0n) is 8.45. The van der Waals surface area contributed by atoms with Crippen molar-refractivity contribution in [3.05, 3.63) is 35.3 Å². The number of nitrogens with two attached hydrogens (primary N) is 1. The molecule has 96 valence electrons. The van der Waals surface area contributed by atoms with Gasteiger partial charge in [0.1, 0.15) is 17.0 Å². The van der Waals surface area contributed by atoms with Gasteiger partial charge in [0.2, 0.25) is 0 Å². The van der Waals surface area contributed by atoms with Crippen LogP contribution in [0, 0.1) is 17.5 Å². The molecule has 0 aliphatic rings. The summed E-state index contributed by atoms with van der Waals surface area (Å²) < 4.78 is 76.7. The van der Waals surface area contributed by atoms with Gasteiger partial charge in [-0.2, -0.15) is 13.2 Å². The molecule has 18 heavy (non-hydrogen) atoms. The summed E-state index contributed by atoms with van der Waals surface area (Å²) in [7, 11) is 0. The van der Waals surface area contributed by atoms with Crippen molar-refractivity contribution in [2.45, 2.75) is 6.18 Å². The maximum Gasteiger partial charge on any atom is 0.433 e. The van der Waals surface area contributed by atoms with Gasteiger partial charge in [0.05, 0.1) is 5.39 Å². The van der Waals surface area contributed by atoms with E-state index in [0.717, 1.165) is 0 Å². The third-order valence-electron chi connectivity index (χ3n) is 2.25. The summed E-state index contributed by atoms with van der Waals surface area (Å²) in [5, 5.41) is -0.679. The van der Waals surface area contributed by atoms with Gasteiger partial charge in [0.25, 0.3) is 0 Å². The number of nitrogens with zero attached hydrogens (tertiary/aromatic N) is 1. The second-order valence-corrected chi connectivity index (χ2v) is 3.47. The van der Waals surface area contributed by atoms with E-state index in [0.29, 0.717) is 6.07 Å². The number of halogens is 6. The average molecular weight is 266 g/mol. The van der Waals surface area contributed by atoms with Gasteiger partial charge < -0.3 is 5.73 Å². The molecule has 0 fully saturated rings. The summed E-state index contributed by atoms with van der Waals surface area (Å²) in [5.74, 6) is -4.59. The maximum atomic E-state index is 13.3. The minimum Gasteiger partial charge on any atom is -0.398 e. The standard InChI is InChI=1S/C10H4F6N2/c11-3-1-4(12)8(13)9-7(3)5(17)2-6(18-9)10(14,15)16/h1-2H,(H2,17,18). The summed E-state index contributed by atoms with van der Waals surface area (Å²) in [4.78, 5) is 2.87. The Morgan fingerprint density at radius 2 is 1.61 bits per heavy atom. The monoisotopic (exact) mass is 266 g/mol. The minimum absolute atomic E-state index is 0.197. The Balaban J connectivity index is 2.92. The van der Waals surface area contributed by atoms with Crippen molar-refractivity contribution < 1.29 is 26.3 Å². The zero-order chi connectivity index (χ0) is 13.7. The lowest BCUT2D eigenvalue weighted by atomic mass is 10.1. The van der Waals surface area contributed by atoms with E-state index in [4.69, 9.17) is 5.73 Å². The Morgan fingerprint density at radius 1 is 1.00 bits per heavy atom. The largest absolute Gasteiger partial charge is 0.433 e. The molecule has 0 unspecified atom stereocenters. The molecule has 2 N–H and O–H groups in total. The van der Waals surface area contributed by atoms with Gasteiger partial charge in [0.15, 0.2) is 11.6 Å². The van der Waals surface area contributed by atoms with Crippen LogP contribution in [0.5, 0.6) is 0 Å². The van der Waals surface area contributed by atoms with E-state index in [-0.39, 0.29) is 6.07 Å². The molecule has 0 amide bonds. The van der Waals surface area contributed by atoms with Crippen LogP contribution in [0.15, 0.2) is 12.1 Å². The highest BCUT2D eigenvalue weighted by Crippen LogP contribution is 2.34. The Bertz CT molecular complexity index is 635. The summed E-state index contributed by atoms with van der Waals surface area (Å²) in [5.41, 5.74) is 1.94. The number of nitrogen functional groups attached to an aromatic ring is 1. The lowest BCUT2D eigenvalue weighted by Gasteiger charge is -2.10. The molecule has 1 aromatic heterocycles. The van der Waals surface area contributed by atoms with Crippen LogP contribution in [0.2, 0.25) is 0 Å². The van der Waals surface area contributed by atoms with E-state index in [2.05, 4.69) is 4.98 Å². The van der Waals surface area contributed by atoms with Gasteiger partial charge >= 0.3 is 6.18 Å². The fraction of sp³-hybridized carbons (Fsp3) is 0.100. The van der Waals surface area contributed by atoms with Crippen LogP contribution in [-0.2, 0) is 6.18 Å².